The molecule has 0 aromatic carbocycles. The molecule has 3 unspecified atom stereocenters. The third-order valence-electron chi connectivity index (χ3n) is 5.39. The van der Waals surface area contributed by atoms with E-state index in [2.05, 4.69) is 18.7 Å². The zero-order valence-electron chi connectivity index (χ0n) is 12.3. The van der Waals surface area contributed by atoms with Crippen molar-refractivity contribution in [3.8, 4) is 0 Å². The topological polar surface area (TPSA) is 38.5 Å². The lowest BCUT2D eigenvalue weighted by Gasteiger charge is -2.52. The fourth-order valence-electron chi connectivity index (χ4n) is 4.25. The molecule has 2 fully saturated rings. The SMILES string of the molecule is COCC(CN)(C(C)C)N1CCCC2CCCC21. The number of rotatable bonds is 5. The van der Waals surface area contributed by atoms with E-state index in [0.29, 0.717) is 12.5 Å². The number of methoxy groups -OCH3 is 1. The van der Waals surface area contributed by atoms with Crippen LogP contribution < -0.4 is 5.73 Å². The first kappa shape index (κ1) is 14.3. The highest BCUT2D eigenvalue weighted by molar-refractivity contribution is 5.02. The predicted octanol–water partition coefficient (Wildman–Crippen LogP) is 2.25. The molecule has 0 spiro atoms. The van der Waals surface area contributed by atoms with Crippen LogP contribution in [-0.4, -0.2) is 43.3 Å². The van der Waals surface area contributed by atoms with Crippen LogP contribution in [0.4, 0.5) is 0 Å². The van der Waals surface area contributed by atoms with Gasteiger partial charge in [0.1, 0.15) is 0 Å². The number of hydrogen-bond acceptors (Lipinski definition) is 3. The first-order valence-electron chi connectivity index (χ1n) is 7.61. The molecule has 0 aromatic rings. The molecular weight excluding hydrogens is 224 g/mol. The van der Waals surface area contributed by atoms with Crippen LogP contribution in [0.3, 0.4) is 0 Å². The van der Waals surface area contributed by atoms with Gasteiger partial charge in [-0.25, -0.2) is 0 Å². The number of ether oxygens (including phenoxy) is 1. The van der Waals surface area contributed by atoms with Crippen molar-refractivity contribution in [1.82, 2.24) is 4.90 Å². The van der Waals surface area contributed by atoms with E-state index in [0.717, 1.165) is 18.6 Å². The van der Waals surface area contributed by atoms with E-state index in [4.69, 9.17) is 10.5 Å². The van der Waals surface area contributed by atoms with Crippen LogP contribution in [0, 0.1) is 11.8 Å². The summed E-state index contributed by atoms with van der Waals surface area (Å²) in [5.74, 6) is 1.46. The molecule has 0 radical (unpaired) electrons. The number of piperidine rings is 1. The molecule has 3 nitrogen and oxygen atoms in total. The van der Waals surface area contributed by atoms with Gasteiger partial charge >= 0.3 is 0 Å². The Morgan fingerprint density at radius 1 is 1.28 bits per heavy atom. The molecule has 1 aliphatic carbocycles. The van der Waals surface area contributed by atoms with Crippen LogP contribution >= 0.6 is 0 Å². The van der Waals surface area contributed by atoms with Crippen LogP contribution in [0.2, 0.25) is 0 Å². The van der Waals surface area contributed by atoms with Crippen LogP contribution in [0.25, 0.3) is 0 Å². The Hall–Kier alpha value is -0.120. The molecule has 18 heavy (non-hydrogen) atoms. The molecular formula is C15H30N2O. The zero-order chi connectivity index (χ0) is 13.2. The maximum absolute atomic E-state index is 6.19. The minimum atomic E-state index is 0.0441. The number of hydrogen-bond donors (Lipinski definition) is 1. The number of nitrogens with two attached hydrogens (primary N) is 1. The van der Waals surface area contributed by atoms with Gasteiger partial charge in [0.25, 0.3) is 0 Å². The van der Waals surface area contributed by atoms with Crippen LogP contribution in [0.1, 0.15) is 46.0 Å². The molecule has 2 rings (SSSR count). The van der Waals surface area contributed by atoms with Gasteiger partial charge in [-0.1, -0.05) is 20.3 Å². The van der Waals surface area contributed by atoms with E-state index in [1.54, 1.807) is 0 Å². The average Bonchev–Trinajstić information content (AvgIpc) is 2.83. The highest BCUT2D eigenvalue weighted by Crippen LogP contribution is 2.41. The molecule has 1 saturated heterocycles. The van der Waals surface area contributed by atoms with Crippen molar-refractivity contribution < 1.29 is 4.74 Å². The van der Waals surface area contributed by atoms with Gasteiger partial charge in [-0.15, -0.1) is 0 Å². The molecule has 0 aromatic heterocycles. The summed E-state index contributed by atoms with van der Waals surface area (Å²) in [5, 5.41) is 0. The second kappa shape index (κ2) is 5.89. The summed E-state index contributed by atoms with van der Waals surface area (Å²) in [4.78, 5) is 2.72. The molecule has 1 saturated carbocycles. The minimum absolute atomic E-state index is 0.0441. The molecule has 106 valence electrons. The average molecular weight is 254 g/mol. The lowest BCUT2D eigenvalue weighted by molar-refractivity contribution is -0.0642. The van der Waals surface area contributed by atoms with Gasteiger partial charge in [0.15, 0.2) is 0 Å². The van der Waals surface area contributed by atoms with Crippen LogP contribution in [0.5, 0.6) is 0 Å². The first-order valence-corrected chi connectivity index (χ1v) is 7.61. The van der Waals surface area contributed by atoms with Gasteiger partial charge in [-0.2, -0.15) is 0 Å². The summed E-state index contributed by atoms with van der Waals surface area (Å²) in [6.07, 6.45) is 6.94. The molecule has 1 heterocycles. The quantitative estimate of drug-likeness (QED) is 0.818. The molecule has 3 atom stereocenters. The summed E-state index contributed by atoms with van der Waals surface area (Å²) in [7, 11) is 1.81. The van der Waals surface area contributed by atoms with Gasteiger partial charge in [0, 0.05) is 19.7 Å². The minimum Gasteiger partial charge on any atom is -0.383 e. The van der Waals surface area contributed by atoms with E-state index < -0.39 is 0 Å². The second-order valence-corrected chi connectivity index (χ2v) is 6.49. The summed E-state index contributed by atoms with van der Waals surface area (Å²) >= 11 is 0. The molecule has 2 N–H and O–H groups in total. The van der Waals surface area contributed by atoms with Gasteiger partial charge in [0.2, 0.25) is 0 Å². The Morgan fingerprint density at radius 2 is 2.00 bits per heavy atom. The van der Waals surface area contributed by atoms with Gasteiger partial charge < -0.3 is 10.5 Å². The highest BCUT2D eigenvalue weighted by Gasteiger charge is 2.46. The van der Waals surface area contributed by atoms with E-state index in [1.807, 2.05) is 7.11 Å². The Bertz CT molecular complexity index is 269. The Balaban J connectivity index is 2.23. The van der Waals surface area contributed by atoms with E-state index in [-0.39, 0.29) is 5.54 Å². The van der Waals surface area contributed by atoms with Crippen molar-refractivity contribution in [3.05, 3.63) is 0 Å². The van der Waals surface area contributed by atoms with Crippen LogP contribution in [0.15, 0.2) is 0 Å². The van der Waals surface area contributed by atoms with Gasteiger partial charge in [-0.05, 0) is 44.1 Å². The van der Waals surface area contributed by atoms with Crippen molar-refractivity contribution >= 4 is 0 Å². The highest BCUT2D eigenvalue weighted by atomic mass is 16.5. The Labute approximate surface area is 112 Å². The van der Waals surface area contributed by atoms with E-state index in [9.17, 15) is 0 Å². The number of fused-ring (bicyclic) bond motifs is 1. The van der Waals surface area contributed by atoms with E-state index >= 15 is 0 Å². The fourth-order valence-corrected chi connectivity index (χ4v) is 4.25. The smallest absolute Gasteiger partial charge is 0.0661 e. The monoisotopic (exact) mass is 254 g/mol. The largest absolute Gasteiger partial charge is 0.383 e. The standard InChI is InChI=1S/C15H30N2O/c1-12(2)15(10-16,11-18-3)17-9-5-7-13-6-4-8-14(13)17/h12-14H,4-11,16H2,1-3H3. The third kappa shape index (κ3) is 2.33. The lowest BCUT2D eigenvalue weighted by Crippen LogP contribution is -2.65. The fraction of sp³-hybridized carbons (Fsp3) is 1.00. The summed E-state index contributed by atoms with van der Waals surface area (Å²) in [5.41, 5.74) is 6.23. The third-order valence-corrected chi connectivity index (χ3v) is 5.39. The lowest BCUT2D eigenvalue weighted by atomic mass is 9.80. The zero-order valence-corrected chi connectivity index (χ0v) is 12.3. The molecule has 0 amide bonds. The van der Waals surface area contributed by atoms with Gasteiger partial charge in [-0.3, -0.25) is 4.90 Å². The van der Waals surface area contributed by atoms with Crippen molar-refractivity contribution in [2.45, 2.75) is 57.5 Å². The molecule has 1 aliphatic heterocycles. The molecule has 3 heteroatoms. The molecule has 0 bridgehead atoms. The maximum atomic E-state index is 6.19. The Kier molecular flexibility index (Phi) is 4.68. The van der Waals surface area contributed by atoms with Gasteiger partial charge in [0.05, 0.1) is 12.1 Å². The molecule has 2 aliphatic rings. The van der Waals surface area contributed by atoms with Crippen molar-refractivity contribution in [3.63, 3.8) is 0 Å². The maximum Gasteiger partial charge on any atom is 0.0661 e. The van der Waals surface area contributed by atoms with Crippen molar-refractivity contribution in [1.29, 1.82) is 0 Å². The van der Waals surface area contributed by atoms with Crippen molar-refractivity contribution in [2.75, 3.05) is 26.8 Å². The number of likely N-dealkylation sites (tertiary alicyclic amines) is 1. The van der Waals surface area contributed by atoms with Crippen molar-refractivity contribution in [2.24, 2.45) is 17.6 Å². The second-order valence-electron chi connectivity index (χ2n) is 6.49. The van der Waals surface area contributed by atoms with Crippen LogP contribution in [-0.2, 0) is 4.74 Å². The number of nitrogens with zero attached hydrogens (tertiary/aromatic N) is 1. The summed E-state index contributed by atoms with van der Waals surface area (Å²) in [6.45, 7) is 7.28. The summed E-state index contributed by atoms with van der Waals surface area (Å²) in [6, 6.07) is 0.764. The summed E-state index contributed by atoms with van der Waals surface area (Å²) < 4.78 is 5.54. The Morgan fingerprint density at radius 3 is 2.61 bits per heavy atom. The van der Waals surface area contributed by atoms with E-state index in [1.165, 1.54) is 38.6 Å². The predicted molar refractivity (Wildman–Crippen MR) is 75.6 cm³/mol. The normalized spacial score (nSPS) is 32.5. The first-order chi connectivity index (χ1) is 8.65.